The van der Waals surface area contributed by atoms with Crippen molar-refractivity contribution in [3.63, 3.8) is 0 Å². The quantitative estimate of drug-likeness (QED) is 0.907. The monoisotopic (exact) mass is 272 g/mol. The molecular formula is C16H24N4. The van der Waals surface area contributed by atoms with Gasteiger partial charge in [0.25, 0.3) is 0 Å². The lowest BCUT2D eigenvalue weighted by atomic mass is 9.75. The largest absolute Gasteiger partial charge is 0.381 e. The molecule has 4 heteroatoms. The predicted octanol–water partition coefficient (Wildman–Crippen LogP) is 3.66. The number of nitrogens with zero attached hydrogens (tertiary/aromatic N) is 3. The van der Waals surface area contributed by atoms with Gasteiger partial charge in [0.1, 0.15) is 0 Å². The Kier molecular flexibility index (Phi) is 3.19. The molecular weight excluding hydrogens is 248 g/mol. The van der Waals surface area contributed by atoms with Gasteiger partial charge in [0, 0.05) is 18.5 Å². The van der Waals surface area contributed by atoms with Crippen LogP contribution in [0.1, 0.15) is 45.2 Å². The second kappa shape index (κ2) is 4.76. The number of aryl methyl sites for hydroxylation is 2. The van der Waals surface area contributed by atoms with E-state index in [4.69, 9.17) is 0 Å². The van der Waals surface area contributed by atoms with E-state index < -0.39 is 0 Å². The third-order valence-electron chi connectivity index (χ3n) is 4.57. The lowest BCUT2D eigenvalue weighted by Gasteiger charge is -2.35. The molecule has 1 fully saturated rings. The summed E-state index contributed by atoms with van der Waals surface area (Å²) < 4.78 is 1.84. The Morgan fingerprint density at radius 1 is 1.30 bits per heavy atom. The Bertz CT molecular complexity index is 617. The van der Waals surface area contributed by atoms with E-state index in [1.165, 1.54) is 25.7 Å². The van der Waals surface area contributed by atoms with Crippen LogP contribution in [0.15, 0.2) is 12.3 Å². The Labute approximate surface area is 120 Å². The van der Waals surface area contributed by atoms with Crippen LogP contribution in [-0.2, 0) is 7.05 Å². The molecule has 0 aliphatic heterocycles. The molecule has 1 aliphatic carbocycles. The molecule has 0 spiro atoms. The first kappa shape index (κ1) is 13.4. The fraction of sp³-hybridized carbons (Fsp3) is 0.625. The molecule has 4 nitrogen and oxygen atoms in total. The Balaban J connectivity index is 1.77. The van der Waals surface area contributed by atoms with Gasteiger partial charge in [0.2, 0.25) is 0 Å². The number of nitrogens with one attached hydrogen (secondary N) is 1. The predicted molar refractivity (Wildman–Crippen MR) is 82.9 cm³/mol. The van der Waals surface area contributed by atoms with Crippen molar-refractivity contribution in [2.75, 3.05) is 5.32 Å². The van der Waals surface area contributed by atoms with Gasteiger partial charge in [-0.15, -0.1) is 0 Å². The maximum absolute atomic E-state index is 4.53. The highest BCUT2D eigenvalue weighted by atomic mass is 15.3. The topological polar surface area (TPSA) is 42.7 Å². The SMILES string of the molecule is Cc1nn(C)c2ncc(NC3CCC(C)(C)CC3)cc12. The average molecular weight is 272 g/mol. The van der Waals surface area contributed by atoms with Crippen LogP contribution in [0.25, 0.3) is 11.0 Å². The van der Waals surface area contributed by atoms with Crippen molar-refractivity contribution in [3.8, 4) is 0 Å². The summed E-state index contributed by atoms with van der Waals surface area (Å²) in [5.41, 5.74) is 3.64. The number of pyridine rings is 1. The molecule has 0 radical (unpaired) electrons. The van der Waals surface area contributed by atoms with Gasteiger partial charge in [0.05, 0.1) is 17.6 Å². The van der Waals surface area contributed by atoms with Gasteiger partial charge in [-0.1, -0.05) is 13.8 Å². The summed E-state index contributed by atoms with van der Waals surface area (Å²) in [5, 5.41) is 9.22. The van der Waals surface area contributed by atoms with E-state index in [1.807, 2.05) is 24.9 Å². The van der Waals surface area contributed by atoms with Crippen molar-refractivity contribution in [3.05, 3.63) is 18.0 Å². The van der Waals surface area contributed by atoms with Crippen LogP contribution in [-0.4, -0.2) is 20.8 Å². The van der Waals surface area contributed by atoms with E-state index in [2.05, 4.69) is 35.3 Å². The van der Waals surface area contributed by atoms with Crippen LogP contribution in [0.4, 0.5) is 5.69 Å². The molecule has 2 heterocycles. The minimum atomic E-state index is 0.514. The normalized spacial score (nSPS) is 19.4. The Morgan fingerprint density at radius 3 is 2.70 bits per heavy atom. The number of aromatic nitrogens is 3. The maximum Gasteiger partial charge on any atom is 0.157 e. The summed E-state index contributed by atoms with van der Waals surface area (Å²) in [6, 6.07) is 2.77. The third kappa shape index (κ3) is 2.51. The van der Waals surface area contributed by atoms with Crippen LogP contribution < -0.4 is 5.32 Å². The van der Waals surface area contributed by atoms with Crippen molar-refractivity contribution in [2.24, 2.45) is 12.5 Å². The van der Waals surface area contributed by atoms with E-state index in [9.17, 15) is 0 Å². The molecule has 108 valence electrons. The fourth-order valence-corrected chi connectivity index (χ4v) is 3.17. The van der Waals surface area contributed by atoms with Crippen LogP contribution in [0.3, 0.4) is 0 Å². The summed E-state index contributed by atoms with van der Waals surface area (Å²) in [6.07, 6.45) is 7.02. The number of hydrogen-bond donors (Lipinski definition) is 1. The lowest BCUT2D eigenvalue weighted by Crippen LogP contribution is -2.29. The summed E-state index contributed by atoms with van der Waals surface area (Å²) in [5.74, 6) is 0. The van der Waals surface area contributed by atoms with E-state index in [0.717, 1.165) is 22.4 Å². The molecule has 1 saturated carbocycles. The molecule has 2 aromatic rings. The van der Waals surface area contributed by atoms with Gasteiger partial charge in [-0.2, -0.15) is 5.10 Å². The molecule has 0 unspecified atom stereocenters. The summed E-state index contributed by atoms with van der Waals surface area (Å²) in [6.45, 7) is 6.78. The number of fused-ring (bicyclic) bond motifs is 1. The maximum atomic E-state index is 4.53. The summed E-state index contributed by atoms with van der Waals surface area (Å²) in [7, 11) is 1.94. The van der Waals surface area contributed by atoms with Crippen molar-refractivity contribution >= 4 is 16.7 Å². The second-order valence-electron chi connectivity index (χ2n) is 6.89. The number of rotatable bonds is 2. The average Bonchev–Trinajstić information content (AvgIpc) is 2.68. The zero-order chi connectivity index (χ0) is 14.3. The third-order valence-corrected chi connectivity index (χ3v) is 4.57. The lowest BCUT2D eigenvalue weighted by molar-refractivity contribution is 0.232. The molecule has 1 aliphatic rings. The van der Waals surface area contributed by atoms with Crippen LogP contribution in [0, 0.1) is 12.3 Å². The minimum Gasteiger partial charge on any atom is -0.381 e. The van der Waals surface area contributed by atoms with Crippen LogP contribution >= 0.6 is 0 Å². The smallest absolute Gasteiger partial charge is 0.157 e. The summed E-state index contributed by atoms with van der Waals surface area (Å²) >= 11 is 0. The fourth-order valence-electron chi connectivity index (χ4n) is 3.17. The van der Waals surface area contributed by atoms with Crippen LogP contribution in [0.5, 0.6) is 0 Å². The van der Waals surface area contributed by atoms with Crippen molar-refractivity contribution in [1.82, 2.24) is 14.8 Å². The highest BCUT2D eigenvalue weighted by Crippen LogP contribution is 2.36. The molecule has 0 amide bonds. The number of anilines is 1. The first-order valence-electron chi connectivity index (χ1n) is 7.50. The van der Waals surface area contributed by atoms with Gasteiger partial charge >= 0.3 is 0 Å². The molecule has 1 N–H and O–H groups in total. The highest BCUT2D eigenvalue weighted by Gasteiger charge is 2.26. The first-order chi connectivity index (χ1) is 9.44. The van der Waals surface area contributed by atoms with Gasteiger partial charge in [0.15, 0.2) is 5.65 Å². The first-order valence-corrected chi connectivity index (χ1v) is 7.50. The van der Waals surface area contributed by atoms with E-state index in [-0.39, 0.29) is 0 Å². The number of hydrogen-bond acceptors (Lipinski definition) is 3. The molecule has 3 rings (SSSR count). The molecule has 20 heavy (non-hydrogen) atoms. The molecule has 0 aromatic carbocycles. The van der Waals surface area contributed by atoms with Gasteiger partial charge in [-0.3, -0.25) is 4.68 Å². The Morgan fingerprint density at radius 2 is 2.00 bits per heavy atom. The summed E-state index contributed by atoms with van der Waals surface area (Å²) in [4.78, 5) is 4.53. The Hall–Kier alpha value is -1.58. The zero-order valence-corrected chi connectivity index (χ0v) is 12.9. The molecule has 2 aromatic heterocycles. The molecule has 0 atom stereocenters. The molecule has 0 saturated heterocycles. The van der Waals surface area contributed by atoms with E-state index in [0.29, 0.717) is 11.5 Å². The molecule has 0 bridgehead atoms. The van der Waals surface area contributed by atoms with E-state index >= 15 is 0 Å². The highest BCUT2D eigenvalue weighted by molar-refractivity contribution is 5.81. The van der Waals surface area contributed by atoms with Gasteiger partial charge in [-0.05, 0) is 44.1 Å². The van der Waals surface area contributed by atoms with Crippen LogP contribution in [0.2, 0.25) is 0 Å². The van der Waals surface area contributed by atoms with Crippen molar-refractivity contribution in [2.45, 2.75) is 52.5 Å². The zero-order valence-electron chi connectivity index (χ0n) is 12.9. The standard InChI is InChI=1S/C16H24N4/c1-11-14-9-13(10-17-15(14)20(4)19-11)18-12-5-7-16(2,3)8-6-12/h9-10,12,18H,5-8H2,1-4H3. The van der Waals surface area contributed by atoms with Gasteiger partial charge in [-0.25, -0.2) is 4.98 Å². The van der Waals surface area contributed by atoms with Gasteiger partial charge < -0.3 is 5.32 Å². The van der Waals surface area contributed by atoms with Crippen molar-refractivity contribution in [1.29, 1.82) is 0 Å². The second-order valence-corrected chi connectivity index (χ2v) is 6.89. The minimum absolute atomic E-state index is 0.514. The van der Waals surface area contributed by atoms with Crippen molar-refractivity contribution < 1.29 is 0 Å². The van der Waals surface area contributed by atoms with E-state index in [1.54, 1.807) is 0 Å².